The van der Waals surface area contributed by atoms with Gasteiger partial charge in [-0.15, -0.1) is 0 Å². The molecule has 0 spiro atoms. The lowest BCUT2D eigenvalue weighted by molar-refractivity contribution is -0.146. The summed E-state index contributed by atoms with van der Waals surface area (Å²) in [5, 5.41) is 12.3. The van der Waals surface area contributed by atoms with Gasteiger partial charge in [0, 0.05) is 11.8 Å². The lowest BCUT2D eigenvalue weighted by Crippen LogP contribution is -2.56. The van der Waals surface area contributed by atoms with Gasteiger partial charge in [-0.25, -0.2) is 9.78 Å². The van der Waals surface area contributed by atoms with Crippen LogP contribution in [-0.2, 0) is 4.79 Å². The maximum Gasteiger partial charge on any atom is 0.329 e. The van der Waals surface area contributed by atoms with E-state index in [0.717, 1.165) is 18.5 Å². The molecule has 2 aromatic heterocycles. The topological polar surface area (TPSA) is 92.4 Å². The molecule has 0 aliphatic heterocycles. The molecule has 2 heterocycles. The molecule has 23 heavy (non-hydrogen) atoms. The van der Waals surface area contributed by atoms with Crippen LogP contribution in [0, 0.1) is 12.8 Å². The van der Waals surface area contributed by atoms with E-state index in [9.17, 15) is 14.7 Å². The summed E-state index contributed by atoms with van der Waals surface area (Å²) in [5.74, 6) is -0.907. The van der Waals surface area contributed by atoms with Gasteiger partial charge >= 0.3 is 5.97 Å². The molecule has 0 atom stereocenters. The third kappa shape index (κ3) is 2.93. The zero-order valence-electron chi connectivity index (χ0n) is 13.3. The number of pyridine rings is 1. The number of amides is 1. The molecule has 6 heteroatoms. The van der Waals surface area contributed by atoms with Gasteiger partial charge in [0.05, 0.1) is 0 Å². The summed E-state index contributed by atoms with van der Waals surface area (Å²) >= 11 is 0. The molecule has 0 unspecified atom stereocenters. The van der Waals surface area contributed by atoms with Gasteiger partial charge in [0.15, 0.2) is 11.3 Å². The van der Waals surface area contributed by atoms with Crippen LogP contribution in [-0.4, -0.2) is 27.5 Å². The average Bonchev–Trinajstić information content (AvgIpc) is 2.92. The molecule has 1 amide bonds. The first kappa shape index (κ1) is 15.5. The van der Waals surface area contributed by atoms with Crippen LogP contribution in [0.2, 0.25) is 0 Å². The van der Waals surface area contributed by atoms with Gasteiger partial charge < -0.3 is 14.8 Å². The minimum Gasteiger partial charge on any atom is -0.480 e. The smallest absolute Gasteiger partial charge is 0.329 e. The van der Waals surface area contributed by atoms with Gasteiger partial charge in [0.2, 0.25) is 0 Å². The molecule has 2 N–H and O–H groups in total. The molecule has 0 bridgehead atoms. The zero-order valence-corrected chi connectivity index (χ0v) is 13.3. The van der Waals surface area contributed by atoms with E-state index in [2.05, 4.69) is 17.2 Å². The SMILES string of the molecule is Cc1ccc2oc(C(=O)NC3(C(=O)O)CCC(C)CC3)cc2n1. The van der Waals surface area contributed by atoms with Crippen molar-refractivity contribution in [3.8, 4) is 0 Å². The second-order valence-electron chi connectivity index (χ2n) is 6.47. The quantitative estimate of drug-likeness (QED) is 0.908. The first-order valence-corrected chi connectivity index (χ1v) is 7.83. The van der Waals surface area contributed by atoms with Crippen molar-refractivity contribution in [3.63, 3.8) is 0 Å². The van der Waals surface area contributed by atoms with Crippen LogP contribution < -0.4 is 5.32 Å². The molecule has 3 rings (SSSR count). The maximum atomic E-state index is 12.5. The number of fused-ring (bicyclic) bond motifs is 1. The Labute approximate surface area is 133 Å². The Bertz CT molecular complexity index is 757. The van der Waals surface area contributed by atoms with Crippen LogP contribution in [0.25, 0.3) is 11.1 Å². The highest BCUT2D eigenvalue weighted by atomic mass is 16.4. The van der Waals surface area contributed by atoms with Crippen molar-refractivity contribution in [3.05, 3.63) is 29.7 Å². The van der Waals surface area contributed by atoms with Crippen molar-refractivity contribution >= 4 is 23.0 Å². The minimum atomic E-state index is -1.20. The third-order valence-corrected chi connectivity index (χ3v) is 4.63. The van der Waals surface area contributed by atoms with E-state index in [0.29, 0.717) is 29.9 Å². The monoisotopic (exact) mass is 316 g/mol. The number of carbonyl (C=O) groups excluding carboxylic acids is 1. The predicted molar refractivity (Wildman–Crippen MR) is 84.2 cm³/mol. The van der Waals surface area contributed by atoms with Crippen LogP contribution in [0.5, 0.6) is 0 Å². The molecule has 1 fully saturated rings. The molecule has 6 nitrogen and oxygen atoms in total. The summed E-state index contributed by atoms with van der Waals surface area (Å²) < 4.78 is 5.50. The maximum absolute atomic E-state index is 12.5. The first-order chi connectivity index (χ1) is 10.9. The number of nitrogens with zero attached hydrogens (tertiary/aromatic N) is 1. The summed E-state index contributed by atoms with van der Waals surface area (Å²) in [5.41, 5.74) is 0.735. The number of nitrogens with one attached hydrogen (secondary N) is 1. The van der Waals surface area contributed by atoms with Crippen molar-refractivity contribution in [2.45, 2.75) is 45.1 Å². The fraction of sp³-hybridized carbons (Fsp3) is 0.471. The Hall–Kier alpha value is -2.37. The molecule has 122 valence electrons. The van der Waals surface area contributed by atoms with Crippen LogP contribution in [0.3, 0.4) is 0 Å². The number of hydrogen-bond acceptors (Lipinski definition) is 4. The fourth-order valence-corrected chi connectivity index (χ4v) is 3.06. The lowest BCUT2D eigenvalue weighted by Gasteiger charge is -2.36. The van der Waals surface area contributed by atoms with E-state index < -0.39 is 17.4 Å². The molecule has 1 saturated carbocycles. The standard InChI is InChI=1S/C17H20N2O4/c1-10-5-7-17(8-6-10,16(21)22)19-15(20)14-9-12-13(23-14)4-3-11(2)18-12/h3-4,9-10H,5-8H2,1-2H3,(H,19,20)(H,21,22). The summed E-state index contributed by atoms with van der Waals surface area (Å²) in [7, 11) is 0. The molecular weight excluding hydrogens is 296 g/mol. The minimum absolute atomic E-state index is 0.0948. The number of carboxylic acids is 1. The molecular formula is C17H20N2O4. The average molecular weight is 316 g/mol. The van der Waals surface area contributed by atoms with Crippen molar-refractivity contribution < 1.29 is 19.1 Å². The number of aromatic nitrogens is 1. The normalized spacial score (nSPS) is 24.5. The molecule has 1 aliphatic carbocycles. The highest BCUT2D eigenvalue weighted by Gasteiger charge is 2.43. The highest BCUT2D eigenvalue weighted by Crippen LogP contribution is 2.32. The number of furan rings is 1. The van der Waals surface area contributed by atoms with Gasteiger partial charge in [-0.3, -0.25) is 4.79 Å². The Morgan fingerprint density at radius 3 is 2.70 bits per heavy atom. The summed E-state index contributed by atoms with van der Waals surface area (Å²) in [6.07, 6.45) is 2.45. The number of aryl methyl sites for hydroxylation is 1. The molecule has 0 saturated heterocycles. The Morgan fingerprint density at radius 2 is 2.04 bits per heavy atom. The first-order valence-electron chi connectivity index (χ1n) is 7.83. The number of rotatable bonds is 3. The number of carbonyl (C=O) groups is 2. The molecule has 0 radical (unpaired) electrons. The van der Waals surface area contributed by atoms with Gasteiger partial charge in [0.1, 0.15) is 11.1 Å². The van der Waals surface area contributed by atoms with Gasteiger partial charge in [0.25, 0.3) is 5.91 Å². The number of carboxylic acid groups (broad SMARTS) is 1. The molecule has 1 aliphatic rings. The van der Waals surface area contributed by atoms with Gasteiger partial charge in [-0.2, -0.15) is 0 Å². The van der Waals surface area contributed by atoms with E-state index in [-0.39, 0.29) is 5.76 Å². The Morgan fingerprint density at radius 1 is 1.35 bits per heavy atom. The summed E-state index contributed by atoms with van der Waals surface area (Å²) in [4.78, 5) is 28.5. The number of hydrogen-bond donors (Lipinski definition) is 2. The van der Waals surface area contributed by atoms with Crippen LogP contribution in [0.15, 0.2) is 22.6 Å². The van der Waals surface area contributed by atoms with Crippen molar-refractivity contribution in [1.29, 1.82) is 0 Å². The van der Waals surface area contributed by atoms with Crippen LogP contribution in [0.1, 0.15) is 48.9 Å². The van der Waals surface area contributed by atoms with Crippen molar-refractivity contribution in [2.24, 2.45) is 5.92 Å². The highest BCUT2D eigenvalue weighted by molar-refractivity contribution is 5.98. The summed E-state index contributed by atoms with van der Waals surface area (Å²) in [6.45, 7) is 3.95. The van der Waals surface area contributed by atoms with Gasteiger partial charge in [-0.05, 0) is 50.7 Å². The number of aliphatic carboxylic acids is 1. The van der Waals surface area contributed by atoms with Crippen LogP contribution in [0.4, 0.5) is 0 Å². The lowest BCUT2D eigenvalue weighted by atomic mass is 9.77. The van der Waals surface area contributed by atoms with Crippen LogP contribution >= 0.6 is 0 Å². The zero-order chi connectivity index (χ0) is 16.6. The van der Waals surface area contributed by atoms with E-state index in [4.69, 9.17) is 4.42 Å². The van der Waals surface area contributed by atoms with Crippen molar-refractivity contribution in [1.82, 2.24) is 10.3 Å². The van der Waals surface area contributed by atoms with E-state index in [1.807, 2.05) is 6.92 Å². The Kier molecular flexibility index (Phi) is 3.83. The van der Waals surface area contributed by atoms with E-state index in [1.165, 1.54) is 0 Å². The van der Waals surface area contributed by atoms with E-state index in [1.54, 1.807) is 18.2 Å². The molecule has 0 aromatic carbocycles. The third-order valence-electron chi connectivity index (χ3n) is 4.63. The Balaban J connectivity index is 1.84. The fourth-order valence-electron chi connectivity index (χ4n) is 3.06. The predicted octanol–water partition coefficient (Wildman–Crippen LogP) is 2.90. The second-order valence-corrected chi connectivity index (χ2v) is 6.47. The van der Waals surface area contributed by atoms with Gasteiger partial charge in [-0.1, -0.05) is 6.92 Å². The molecule has 2 aromatic rings. The van der Waals surface area contributed by atoms with Crippen molar-refractivity contribution in [2.75, 3.05) is 0 Å². The second kappa shape index (κ2) is 5.68. The van der Waals surface area contributed by atoms with E-state index >= 15 is 0 Å². The largest absolute Gasteiger partial charge is 0.480 e. The summed E-state index contributed by atoms with van der Waals surface area (Å²) in [6, 6.07) is 5.11.